The molecule has 0 aliphatic rings. The molecule has 0 saturated heterocycles. The van der Waals surface area contributed by atoms with Gasteiger partial charge in [-0.25, -0.2) is 9.59 Å². The molecule has 1 N–H and O–H groups in total. The average molecular weight is 601 g/mol. The van der Waals surface area contributed by atoms with E-state index in [1.165, 1.54) is 27.3 Å². The Bertz CT molecular complexity index is 1210. The number of nitrogens with zero attached hydrogens (tertiary/aromatic N) is 1. The highest BCUT2D eigenvalue weighted by molar-refractivity contribution is 6.74. The number of hydrogen-bond acceptors (Lipinski definition) is 8. The highest BCUT2D eigenvalue weighted by Crippen LogP contribution is 2.37. The molecule has 0 spiro atoms. The molecule has 0 aliphatic carbocycles. The first-order chi connectivity index (χ1) is 19.7. The molecule has 11 heteroatoms. The number of hydrogen-bond donors (Lipinski definition) is 1. The number of amides is 2. The summed E-state index contributed by atoms with van der Waals surface area (Å²) in [6.07, 6.45) is 0.00122. The average Bonchev–Trinajstić information content (AvgIpc) is 2.95. The minimum Gasteiger partial charge on any atom is -0.468 e. The molecule has 0 fully saturated rings. The van der Waals surface area contributed by atoms with Gasteiger partial charge < -0.3 is 33.6 Å². The van der Waals surface area contributed by atoms with Crippen LogP contribution in [0.2, 0.25) is 18.1 Å². The number of rotatable bonds is 13. The van der Waals surface area contributed by atoms with E-state index in [4.69, 9.17) is 23.4 Å². The maximum atomic E-state index is 14.0. The van der Waals surface area contributed by atoms with Crippen LogP contribution in [0.1, 0.15) is 38.8 Å². The fourth-order valence-corrected chi connectivity index (χ4v) is 5.07. The monoisotopic (exact) mass is 600 g/mol. The second-order valence-electron chi connectivity index (χ2n) is 11.3. The molecule has 0 aliphatic heterocycles. The van der Waals surface area contributed by atoms with Gasteiger partial charge in [-0.15, -0.1) is 0 Å². The largest absolute Gasteiger partial charge is 0.468 e. The molecule has 0 unspecified atom stereocenters. The summed E-state index contributed by atoms with van der Waals surface area (Å²) in [5.41, 5.74) is 1.39. The van der Waals surface area contributed by atoms with Gasteiger partial charge in [0, 0.05) is 14.2 Å². The first kappa shape index (κ1) is 34.5. The van der Waals surface area contributed by atoms with Crippen LogP contribution in [-0.2, 0) is 34.8 Å². The first-order valence-corrected chi connectivity index (χ1v) is 16.6. The number of likely N-dealkylation sites (N-methyl/N-ethyl adjacent to an activating group) is 1. The van der Waals surface area contributed by atoms with E-state index in [1.807, 2.05) is 30.3 Å². The van der Waals surface area contributed by atoms with Crippen LogP contribution in [0.5, 0.6) is 5.75 Å². The molecule has 0 aromatic heterocycles. The minimum atomic E-state index is -2.36. The van der Waals surface area contributed by atoms with Crippen molar-refractivity contribution < 1.29 is 37.8 Å². The van der Waals surface area contributed by atoms with E-state index in [9.17, 15) is 14.4 Å². The third-order valence-electron chi connectivity index (χ3n) is 7.12. The lowest BCUT2D eigenvalue weighted by atomic mass is 10.1. The van der Waals surface area contributed by atoms with Gasteiger partial charge in [0.1, 0.15) is 24.1 Å². The normalized spacial score (nSPS) is 13.5. The van der Waals surface area contributed by atoms with Gasteiger partial charge >= 0.3 is 12.1 Å². The van der Waals surface area contributed by atoms with Crippen molar-refractivity contribution in [2.24, 2.45) is 0 Å². The quantitative estimate of drug-likeness (QED) is 0.142. The predicted molar refractivity (Wildman–Crippen MR) is 163 cm³/mol. The lowest BCUT2D eigenvalue weighted by molar-refractivity contribution is -0.142. The molecule has 0 heterocycles. The first-order valence-electron chi connectivity index (χ1n) is 13.6. The van der Waals surface area contributed by atoms with Crippen LogP contribution < -0.4 is 10.1 Å². The van der Waals surface area contributed by atoms with Crippen molar-refractivity contribution >= 4 is 32.4 Å². The summed E-state index contributed by atoms with van der Waals surface area (Å²) >= 11 is 0. The predicted octanol–water partition coefficient (Wildman–Crippen LogP) is 5.35. The van der Waals surface area contributed by atoms with Crippen molar-refractivity contribution in [3.05, 3.63) is 71.4 Å². The minimum absolute atomic E-state index is 0.0261. The van der Waals surface area contributed by atoms with E-state index in [-0.39, 0.29) is 24.1 Å². The molecule has 42 heavy (non-hydrogen) atoms. The number of ether oxygens (including phenoxy) is 4. The van der Waals surface area contributed by atoms with Gasteiger partial charge in [-0.3, -0.25) is 4.79 Å². The van der Waals surface area contributed by atoms with Gasteiger partial charge in [0.15, 0.2) is 15.1 Å². The fourth-order valence-electron chi connectivity index (χ4n) is 3.65. The lowest BCUT2D eigenvalue weighted by Gasteiger charge is -2.40. The van der Waals surface area contributed by atoms with Crippen LogP contribution >= 0.6 is 0 Å². The van der Waals surface area contributed by atoms with Crippen LogP contribution in [-0.4, -0.2) is 71.4 Å². The maximum absolute atomic E-state index is 14.0. The molecule has 2 atom stereocenters. The zero-order chi connectivity index (χ0) is 31.5. The molecule has 2 aromatic rings. The standard InChI is InChI=1S/C31H44N2O8Si/c1-22(41-42(8,9)31(2,3)4)27(32-30(36)39-20-24-13-11-10-12-14-24)28(34)33(5)26(29(35)38-7)19-23-15-17-25(18-16-23)40-21-37-6/h10-19,22,27H,20-21H2,1-9H3,(H,32,36)/b26-19-/t22-,27+/m1/s1. The van der Waals surface area contributed by atoms with Gasteiger partial charge in [-0.2, -0.15) is 0 Å². The zero-order valence-corrected chi connectivity index (χ0v) is 27.1. The highest BCUT2D eigenvalue weighted by atomic mass is 28.4. The molecule has 2 amide bonds. The van der Waals surface area contributed by atoms with E-state index in [1.54, 1.807) is 31.2 Å². The summed E-state index contributed by atoms with van der Waals surface area (Å²) in [6.45, 7) is 12.2. The summed E-state index contributed by atoms with van der Waals surface area (Å²) < 4.78 is 27.2. The van der Waals surface area contributed by atoms with Crippen LogP contribution in [0.25, 0.3) is 6.08 Å². The smallest absolute Gasteiger partial charge is 0.408 e. The van der Waals surface area contributed by atoms with Crippen molar-refractivity contribution in [2.75, 3.05) is 28.1 Å². The molecule has 2 rings (SSSR count). The van der Waals surface area contributed by atoms with Crippen molar-refractivity contribution in [2.45, 2.75) is 64.6 Å². The second-order valence-corrected chi connectivity index (χ2v) is 16.1. The molecular formula is C31H44N2O8Si. The van der Waals surface area contributed by atoms with Gasteiger partial charge in [0.25, 0.3) is 5.91 Å². The van der Waals surface area contributed by atoms with Crippen LogP contribution in [0.3, 0.4) is 0 Å². The molecular weight excluding hydrogens is 556 g/mol. The van der Waals surface area contributed by atoms with Gasteiger partial charge in [0.2, 0.25) is 0 Å². The van der Waals surface area contributed by atoms with Gasteiger partial charge in [-0.05, 0) is 54.4 Å². The zero-order valence-electron chi connectivity index (χ0n) is 26.1. The second kappa shape index (κ2) is 15.5. The Hall–Kier alpha value is -3.67. The number of nitrogens with one attached hydrogen (secondary N) is 1. The van der Waals surface area contributed by atoms with Gasteiger partial charge in [0.05, 0.1) is 13.2 Å². The molecule has 2 aromatic carbocycles. The Morgan fingerprint density at radius 2 is 1.62 bits per heavy atom. The number of alkyl carbamates (subject to hydrolysis) is 1. The summed E-state index contributed by atoms with van der Waals surface area (Å²) in [4.78, 5) is 40.9. The Morgan fingerprint density at radius 1 is 1.00 bits per heavy atom. The van der Waals surface area contributed by atoms with Crippen LogP contribution in [0.4, 0.5) is 4.79 Å². The summed E-state index contributed by atoms with van der Waals surface area (Å²) in [5.74, 6) is -0.726. The number of esters is 1. The van der Waals surface area contributed by atoms with Crippen LogP contribution in [0.15, 0.2) is 60.3 Å². The maximum Gasteiger partial charge on any atom is 0.408 e. The number of methoxy groups -OCH3 is 2. The van der Waals surface area contributed by atoms with E-state index >= 15 is 0 Å². The van der Waals surface area contributed by atoms with Crippen molar-refractivity contribution in [1.82, 2.24) is 10.2 Å². The summed E-state index contributed by atoms with van der Waals surface area (Å²) in [6, 6.07) is 14.9. The van der Waals surface area contributed by atoms with Crippen molar-refractivity contribution in [1.29, 1.82) is 0 Å². The van der Waals surface area contributed by atoms with E-state index < -0.39 is 38.4 Å². The Kier molecular flexibility index (Phi) is 12.8. The number of carbonyl (C=O) groups excluding carboxylic acids is 3. The molecule has 10 nitrogen and oxygen atoms in total. The summed E-state index contributed by atoms with van der Waals surface area (Å²) in [7, 11) is 1.85. The van der Waals surface area contributed by atoms with Crippen molar-refractivity contribution in [3.63, 3.8) is 0 Å². The van der Waals surface area contributed by atoms with Gasteiger partial charge in [-0.1, -0.05) is 63.2 Å². The number of benzene rings is 2. The SMILES string of the molecule is COCOc1ccc(/C=C(/C(=O)OC)N(C)C(=O)[C@@H](NC(=O)OCc2ccccc2)[C@@H](C)O[Si](C)(C)C(C)(C)C)cc1. The highest BCUT2D eigenvalue weighted by Gasteiger charge is 2.42. The van der Waals surface area contributed by atoms with E-state index in [0.29, 0.717) is 11.3 Å². The molecule has 230 valence electrons. The third kappa shape index (κ3) is 10.0. The fraction of sp³-hybridized carbons (Fsp3) is 0.452. The Balaban J connectivity index is 2.37. The Labute approximate surface area is 250 Å². The lowest BCUT2D eigenvalue weighted by Crippen LogP contribution is -2.57. The number of carbonyl (C=O) groups is 3. The molecule has 0 radical (unpaired) electrons. The topological polar surface area (TPSA) is 113 Å². The van der Waals surface area contributed by atoms with E-state index in [2.05, 4.69) is 39.2 Å². The van der Waals surface area contributed by atoms with Crippen LogP contribution in [0, 0.1) is 0 Å². The molecule has 0 saturated carbocycles. The Morgan fingerprint density at radius 3 is 2.17 bits per heavy atom. The molecule has 0 bridgehead atoms. The van der Waals surface area contributed by atoms with Crippen molar-refractivity contribution in [3.8, 4) is 5.75 Å². The summed E-state index contributed by atoms with van der Waals surface area (Å²) in [5, 5.41) is 2.53. The third-order valence-corrected chi connectivity index (χ3v) is 11.7. The van der Waals surface area contributed by atoms with E-state index in [0.717, 1.165) is 10.5 Å².